The number of rotatable bonds is 1. The molecule has 0 saturated heterocycles. The van der Waals surface area contributed by atoms with Crippen molar-refractivity contribution < 1.29 is 4.74 Å². The molecular weight excluding hydrogens is 148 g/mol. The second-order valence-electron chi connectivity index (χ2n) is 4.36. The summed E-state index contributed by atoms with van der Waals surface area (Å²) in [5, 5.41) is 0. The average Bonchev–Trinajstić information content (AvgIpc) is 2.03. The summed E-state index contributed by atoms with van der Waals surface area (Å²) in [6.07, 6.45) is 8.75. The molecule has 68 valence electrons. The van der Waals surface area contributed by atoms with Crippen LogP contribution in [0.1, 0.15) is 20.8 Å². The fourth-order valence-electron chi connectivity index (χ4n) is 1.59. The summed E-state index contributed by atoms with van der Waals surface area (Å²) in [6, 6.07) is 0. The van der Waals surface area contributed by atoms with Gasteiger partial charge in [-0.05, 0) is 5.41 Å². The first-order chi connectivity index (χ1) is 5.55. The Balaban J connectivity index is 2.76. The predicted molar refractivity (Wildman–Crippen MR) is 52.0 cm³/mol. The van der Waals surface area contributed by atoms with E-state index >= 15 is 0 Å². The summed E-state index contributed by atoms with van der Waals surface area (Å²) >= 11 is 0. The highest BCUT2D eigenvalue weighted by Crippen LogP contribution is 2.33. The van der Waals surface area contributed by atoms with Crippen LogP contribution in [0.2, 0.25) is 0 Å². The average molecular weight is 166 g/mol. The third-order valence-corrected chi connectivity index (χ3v) is 2.36. The Kier molecular flexibility index (Phi) is 2.73. The Morgan fingerprint density at radius 3 is 2.08 bits per heavy atom. The van der Waals surface area contributed by atoms with Crippen LogP contribution in [0.4, 0.5) is 0 Å². The van der Waals surface area contributed by atoms with E-state index in [1.54, 1.807) is 7.11 Å². The van der Waals surface area contributed by atoms with Crippen molar-refractivity contribution in [2.45, 2.75) is 26.9 Å². The highest BCUT2D eigenvalue weighted by atomic mass is 16.5. The second kappa shape index (κ2) is 3.44. The van der Waals surface area contributed by atoms with Gasteiger partial charge in [-0.25, -0.2) is 0 Å². The van der Waals surface area contributed by atoms with Gasteiger partial charge in [0, 0.05) is 13.0 Å². The molecule has 0 aromatic rings. The lowest BCUT2D eigenvalue weighted by atomic mass is 9.76. The summed E-state index contributed by atoms with van der Waals surface area (Å²) < 4.78 is 5.39. The molecule has 2 atom stereocenters. The molecule has 1 rings (SSSR count). The summed E-state index contributed by atoms with van der Waals surface area (Å²) in [5.74, 6) is 0.493. The topological polar surface area (TPSA) is 9.23 Å². The zero-order valence-electron chi connectivity index (χ0n) is 8.37. The summed E-state index contributed by atoms with van der Waals surface area (Å²) in [6.45, 7) is 6.73. The Hall–Kier alpha value is -0.560. The quantitative estimate of drug-likeness (QED) is 0.582. The van der Waals surface area contributed by atoms with Crippen molar-refractivity contribution in [2.75, 3.05) is 7.11 Å². The lowest BCUT2D eigenvalue weighted by molar-refractivity contribution is 0.0601. The number of ether oxygens (including phenoxy) is 1. The molecule has 0 amide bonds. The van der Waals surface area contributed by atoms with Gasteiger partial charge in [-0.3, -0.25) is 0 Å². The standard InChI is InChI=1S/C11H18O/c1-11(2,3)9-7-5-6-8-10(9)12-4/h5-10H,1-4H3. The van der Waals surface area contributed by atoms with E-state index in [1.807, 2.05) is 0 Å². The van der Waals surface area contributed by atoms with Gasteiger partial charge in [0.1, 0.15) is 0 Å². The van der Waals surface area contributed by atoms with Gasteiger partial charge in [0.2, 0.25) is 0 Å². The molecule has 0 spiro atoms. The maximum absolute atomic E-state index is 5.39. The first kappa shape index (κ1) is 9.53. The molecule has 0 heterocycles. The van der Waals surface area contributed by atoms with Gasteiger partial charge in [0.05, 0.1) is 6.10 Å². The Labute approximate surface area is 75.1 Å². The smallest absolute Gasteiger partial charge is 0.0822 e. The maximum Gasteiger partial charge on any atom is 0.0822 e. The van der Waals surface area contributed by atoms with E-state index in [9.17, 15) is 0 Å². The first-order valence-electron chi connectivity index (χ1n) is 4.43. The summed E-state index contributed by atoms with van der Waals surface area (Å²) in [7, 11) is 1.77. The van der Waals surface area contributed by atoms with Crippen molar-refractivity contribution in [1.82, 2.24) is 0 Å². The fourth-order valence-corrected chi connectivity index (χ4v) is 1.59. The molecule has 0 aromatic heterocycles. The number of methoxy groups -OCH3 is 1. The van der Waals surface area contributed by atoms with Crippen LogP contribution >= 0.6 is 0 Å². The van der Waals surface area contributed by atoms with E-state index in [0.29, 0.717) is 5.92 Å². The van der Waals surface area contributed by atoms with Crippen LogP contribution in [0.25, 0.3) is 0 Å². The normalized spacial score (nSPS) is 29.3. The molecule has 0 aliphatic heterocycles. The van der Waals surface area contributed by atoms with E-state index < -0.39 is 0 Å². The Bertz CT molecular complexity index is 196. The van der Waals surface area contributed by atoms with Crippen molar-refractivity contribution in [3.8, 4) is 0 Å². The van der Waals surface area contributed by atoms with Crippen molar-refractivity contribution >= 4 is 0 Å². The van der Waals surface area contributed by atoms with Gasteiger partial charge in [0.25, 0.3) is 0 Å². The van der Waals surface area contributed by atoms with Gasteiger partial charge in [-0.1, -0.05) is 45.1 Å². The molecule has 0 N–H and O–H groups in total. The highest BCUT2D eigenvalue weighted by molar-refractivity contribution is 5.17. The molecule has 0 fully saturated rings. The molecule has 0 radical (unpaired) electrons. The zero-order chi connectivity index (χ0) is 9.19. The van der Waals surface area contributed by atoms with Crippen molar-refractivity contribution in [3.05, 3.63) is 24.3 Å². The van der Waals surface area contributed by atoms with Crippen LogP contribution in [-0.2, 0) is 4.74 Å². The maximum atomic E-state index is 5.39. The lowest BCUT2D eigenvalue weighted by Crippen LogP contribution is -2.31. The van der Waals surface area contributed by atoms with E-state index in [1.165, 1.54) is 0 Å². The minimum atomic E-state index is 0.245. The van der Waals surface area contributed by atoms with Gasteiger partial charge >= 0.3 is 0 Å². The van der Waals surface area contributed by atoms with Gasteiger partial charge in [-0.2, -0.15) is 0 Å². The van der Waals surface area contributed by atoms with Crippen molar-refractivity contribution in [2.24, 2.45) is 11.3 Å². The molecule has 0 saturated carbocycles. The Morgan fingerprint density at radius 2 is 1.67 bits per heavy atom. The first-order valence-corrected chi connectivity index (χ1v) is 4.43. The fraction of sp³-hybridized carbons (Fsp3) is 0.636. The lowest BCUT2D eigenvalue weighted by Gasteiger charge is -2.34. The van der Waals surface area contributed by atoms with Gasteiger partial charge in [-0.15, -0.1) is 0 Å². The molecule has 2 unspecified atom stereocenters. The van der Waals surface area contributed by atoms with E-state index in [4.69, 9.17) is 4.74 Å². The minimum Gasteiger partial charge on any atom is -0.377 e. The van der Waals surface area contributed by atoms with Crippen LogP contribution in [0.15, 0.2) is 24.3 Å². The van der Waals surface area contributed by atoms with Crippen LogP contribution in [0, 0.1) is 11.3 Å². The molecule has 1 nitrogen and oxygen atoms in total. The number of allylic oxidation sites excluding steroid dienone is 2. The van der Waals surface area contributed by atoms with Crippen LogP contribution in [0.3, 0.4) is 0 Å². The van der Waals surface area contributed by atoms with Crippen LogP contribution < -0.4 is 0 Å². The van der Waals surface area contributed by atoms with Crippen LogP contribution in [-0.4, -0.2) is 13.2 Å². The van der Waals surface area contributed by atoms with Gasteiger partial charge in [0.15, 0.2) is 0 Å². The molecule has 1 heteroatoms. The summed E-state index contributed by atoms with van der Waals surface area (Å²) in [5.41, 5.74) is 0.280. The SMILES string of the molecule is COC1C=CC=CC1C(C)(C)C. The van der Waals surface area contributed by atoms with Crippen molar-refractivity contribution in [3.63, 3.8) is 0 Å². The second-order valence-corrected chi connectivity index (χ2v) is 4.36. The van der Waals surface area contributed by atoms with Crippen molar-refractivity contribution in [1.29, 1.82) is 0 Å². The van der Waals surface area contributed by atoms with Gasteiger partial charge < -0.3 is 4.74 Å². The van der Waals surface area contributed by atoms with E-state index in [2.05, 4.69) is 45.1 Å². The van der Waals surface area contributed by atoms with E-state index in [-0.39, 0.29) is 11.5 Å². The molecule has 12 heavy (non-hydrogen) atoms. The third-order valence-electron chi connectivity index (χ3n) is 2.36. The predicted octanol–water partition coefficient (Wildman–Crippen LogP) is 2.79. The Morgan fingerprint density at radius 1 is 1.08 bits per heavy atom. The van der Waals surface area contributed by atoms with E-state index in [0.717, 1.165) is 0 Å². The largest absolute Gasteiger partial charge is 0.377 e. The number of hydrogen-bond acceptors (Lipinski definition) is 1. The number of hydrogen-bond donors (Lipinski definition) is 0. The minimum absolute atomic E-state index is 0.245. The highest BCUT2D eigenvalue weighted by Gasteiger charge is 2.29. The van der Waals surface area contributed by atoms with Crippen LogP contribution in [0.5, 0.6) is 0 Å². The molecule has 1 aliphatic carbocycles. The molecule has 0 bridgehead atoms. The molecular formula is C11H18O. The summed E-state index contributed by atoms with van der Waals surface area (Å²) in [4.78, 5) is 0. The zero-order valence-corrected chi connectivity index (χ0v) is 8.37. The monoisotopic (exact) mass is 166 g/mol. The third kappa shape index (κ3) is 1.98. The molecule has 1 aliphatic rings. The molecule has 0 aromatic carbocycles.